The number of hydrogen-bond donors (Lipinski definition) is 1. The normalized spacial score (nSPS) is 21.0. The average molecular weight is 498 g/mol. The molecule has 0 aromatic heterocycles. The van der Waals surface area contributed by atoms with E-state index in [1.165, 1.54) is 12.1 Å². The summed E-state index contributed by atoms with van der Waals surface area (Å²) >= 11 is 2.16. The zero-order chi connectivity index (χ0) is 19.6. The van der Waals surface area contributed by atoms with E-state index in [-0.39, 0.29) is 10.8 Å². The quantitative estimate of drug-likeness (QED) is 0.643. The third kappa shape index (κ3) is 4.70. The van der Waals surface area contributed by atoms with Gasteiger partial charge in [-0.3, -0.25) is 4.79 Å². The molecule has 1 fully saturated rings. The molecule has 1 amide bonds. The highest BCUT2D eigenvalue weighted by atomic mass is 127. The van der Waals surface area contributed by atoms with Crippen LogP contribution in [0.15, 0.2) is 53.4 Å². The number of hydrogen-bond acceptors (Lipinski definition) is 3. The minimum Gasteiger partial charge on any atom is -0.321 e. The number of nitrogens with one attached hydrogen (secondary N) is 1. The molecule has 1 heterocycles. The topological polar surface area (TPSA) is 66.5 Å². The molecular weight excluding hydrogens is 475 g/mol. The monoisotopic (exact) mass is 498 g/mol. The van der Waals surface area contributed by atoms with Crippen molar-refractivity contribution < 1.29 is 13.2 Å². The zero-order valence-corrected chi connectivity index (χ0v) is 18.3. The lowest BCUT2D eigenvalue weighted by Gasteiger charge is -2.34. The Morgan fingerprint density at radius 2 is 1.63 bits per heavy atom. The lowest BCUT2D eigenvalue weighted by molar-refractivity contribution is 0.102. The summed E-state index contributed by atoms with van der Waals surface area (Å²) in [5.74, 6) is 0.437. The van der Waals surface area contributed by atoms with E-state index in [1.54, 1.807) is 16.4 Å². The van der Waals surface area contributed by atoms with Crippen molar-refractivity contribution >= 4 is 44.2 Å². The van der Waals surface area contributed by atoms with Crippen LogP contribution in [-0.2, 0) is 10.0 Å². The number of amides is 1. The van der Waals surface area contributed by atoms with Crippen LogP contribution >= 0.6 is 22.6 Å². The maximum Gasteiger partial charge on any atom is 0.255 e. The summed E-state index contributed by atoms with van der Waals surface area (Å²) < 4.78 is 28.3. The molecule has 2 atom stereocenters. The van der Waals surface area contributed by atoms with Gasteiger partial charge >= 0.3 is 0 Å². The molecule has 2 aromatic carbocycles. The van der Waals surface area contributed by atoms with Crippen LogP contribution in [0, 0.1) is 15.4 Å². The van der Waals surface area contributed by atoms with Gasteiger partial charge in [0.1, 0.15) is 0 Å². The van der Waals surface area contributed by atoms with Crippen molar-refractivity contribution in [1.29, 1.82) is 0 Å². The Morgan fingerprint density at radius 1 is 1.04 bits per heavy atom. The van der Waals surface area contributed by atoms with Gasteiger partial charge in [-0.15, -0.1) is 0 Å². The number of rotatable bonds is 4. The fourth-order valence-corrected chi connectivity index (χ4v) is 5.69. The predicted octanol–water partition coefficient (Wildman–Crippen LogP) is 4.21. The van der Waals surface area contributed by atoms with Crippen LogP contribution in [-0.4, -0.2) is 31.7 Å². The maximum absolute atomic E-state index is 12.9. The van der Waals surface area contributed by atoms with Gasteiger partial charge in [0.25, 0.3) is 5.91 Å². The number of sulfonamides is 1. The minimum atomic E-state index is -3.54. The van der Waals surface area contributed by atoms with Crippen molar-refractivity contribution in [2.75, 3.05) is 18.4 Å². The Labute approximate surface area is 174 Å². The molecule has 5 nitrogen and oxygen atoms in total. The van der Waals surface area contributed by atoms with Crippen molar-refractivity contribution in [3.05, 3.63) is 57.7 Å². The molecule has 3 rings (SSSR count). The van der Waals surface area contributed by atoms with Crippen LogP contribution in [0.1, 0.15) is 30.6 Å². The lowest BCUT2D eigenvalue weighted by Crippen LogP contribution is -2.42. The number of halogens is 1. The van der Waals surface area contributed by atoms with E-state index in [0.29, 0.717) is 30.5 Å². The molecule has 1 N–H and O–H groups in total. The number of piperidine rings is 1. The zero-order valence-electron chi connectivity index (χ0n) is 15.4. The third-order valence-corrected chi connectivity index (χ3v) is 7.50. The van der Waals surface area contributed by atoms with Crippen LogP contribution in [0.4, 0.5) is 5.69 Å². The summed E-state index contributed by atoms with van der Waals surface area (Å²) in [6.45, 7) is 5.25. The number of carbonyl (C=O) groups is 1. The molecule has 144 valence electrons. The SMILES string of the molecule is CC1CC(C)CN(S(=O)(=O)c2ccc(C(=O)Nc3ccccc3I)cc2)C1. The number of para-hydroxylation sites is 1. The first-order chi connectivity index (χ1) is 12.8. The highest BCUT2D eigenvalue weighted by molar-refractivity contribution is 14.1. The van der Waals surface area contributed by atoms with Gasteiger partial charge in [0.15, 0.2) is 0 Å². The second-order valence-corrected chi connectivity index (χ2v) is 10.3. The van der Waals surface area contributed by atoms with Crippen molar-refractivity contribution in [2.45, 2.75) is 25.2 Å². The molecule has 1 aliphatic heterocycles. The van der Waals surface area contributed by atoms with E-state index >= 15 is 0 Å². The fourth-order valence-electron chi connectivity index (χ4n) is 3.49. The van der Waals surface area contributed by atoms with E-state index in [1.807, 2.05) is 24.3 Å². The van der Waals surface area contributed by atoms with E-state index < -0.39 is 10.0 Å². The second kappa shape index (κ2) is 8.28. The molecular formula is C20H23IN2O3S. The molecule has 1 saturated heterocycles. The molecule has 2 aromatic rings. The van der Waals surface area contributed by atoms with Crippen molar-refractivity contribution in [2.24, 2.45) is 11.8 Å². The van der Waals surface area contributed by atoms with Crippen molar-refractivity contribution in [1.82, 2.24) is 4.31 Å². The Balaban J connectivity index is 1.76. The number of benzene rings is 2. The van der Waals surface area contributed by atoms with Gasteiger partial charge in [-0.25, -0.2) is 8.42 Å². The minimum absolute atomic E-state index is 0.231. The fraction of sp³-hybridized carbons (Fsp3) is 0.350. The van der Waals surface area contributed by atoms with E-state index in [0.717, 1.165) is 15.7 Å². The van der Waals surface area contributed by atoms with Crippen LogP contribution < -0.4 is 5.32 Å². The van der Waals surface area contributed by atoms with Gasteiger partial charge < -0.3 is 5.32 Å². The number of carbonyl (C=O) groups excluding carboxylic acids is 1. The third-order valence-electron chi connectivity index (χ3n) is 4.71. The van der Waals surface area contributed by atoms with Gasteiger partial charge in [-0.1, -0.05) is 26.0 Å². The van der Waals surface area contributed by atoms with Crippen LogP contribution in [0.25, 0.3) is 0 Å². The van der Waals surface area contributed by atoms with Crippen molar-refractivity contribution in [3.8, 4) is 0 Å². The largest absolute Gasteiger partial charge is 0.321 e. The Morgan fingerprint density at radius 3 is 2.22 bits per heavy atom. The van der Waals surface area contributed by atoms with Gasteiger partial charge in [0.05, 0.1) is 10.6 Å². The first kappa shape index (κ1) is 20.3. The number of anilines is 1. The summed E-state index contributed by atoms with van der Waals surface area (Å²) in [6, 6.07) is 13.7. The Bertz CT molecular complexity index is 918. The molecule has 1 aliphatic rings. The first-order valence-corrected chi connectivity index (χ1v) is 11.5. The Kier molecular flexibility index (Phi) is 6.22. The molecule has 0 spiro atoms. The van der Waals surface area contributed by atoms with E-state index in [4.69, 9.17) is 0 Å². The predicted molar refractivity (Wildman–Crippen MR) is 115 cm³/mol. The van der Waals surface area contributed by atoms with Gasteiger partial charge in [0.2, 0.25) is 10.0 Å². The highest BCUT2D eigenvalue weighted by Gasteiger charge is 2.31. The highest BCUT2D eigenvalue weighted by Crippen LogP contribution is 2.27. The smallest absolute Gasteiger partial charge is 0.255 e. The summed E-state index contributed by atoms with van der Waals surface area (Å²) in [5, 5.41) is 2.85. The van der Waals surface area contributed by atoms with Crippen molar-refractivity contribution in [3.63, 3.8) is 0 Å². The van der Waals surface area contributed by atoms with Gasteiger partial charge in [-0.05, 0) is 77.2 Å². The standard InChI is InChI=1S/C20H23IN2O3S/c1-14-11-15(2)13-23(12-14)27(25,26)17-9-7-16(8-10-17)20(24)22-19-6-4-3-5-18(19)21/h3-10,14-15H,11-13H2,1-2H3,(H,22,24). The van der Waals surface area contributed by atoms with Gasteiger partial charge in [0, 0.05) is 22.2 Å². The average Bonchev–Trinajstić information content (AvgIpc) is 2.63. The maximum atomic E-state index is 12.9. The summed E-state index contributed by atoms with van der Waals surface area (Å²) in [4.78, 5) is 12.7. The first-order valence-electron chi connectivity index (χ1n) is 8.93. The number of nitrogens with zero attached hydrogens (tertiary/aromatic N) is 1. The molecule has 0 bridgehead atoms. The summed E-state index contributed by atoms with van der Waals surface area (Å²) in [5.41, 5.74) is 1.16. The molecule has 7 heteroatoms. The molecule has 27 heavy (non-hydrogen) atoms. The van der Waals surface area contributed by atoms with E-state index in [9.17, 15) is 13.2 Å². The van der Waals surface area contributed by atoms with Crippen LogP contribution in [0.5, 0.6) is 0 Å². The molecule has 2 unspecified atom stereocenters. The summed E-state index contributed by atoms with van der Waals surface area (Å²) in [6.07, 6.45) is 1.05. The molecule has 0 aliphatic carbocycles. The van der Waals surface area contributed by atoms with Gasteiger partial charge in [-0.2, -0.15) is 4.31 Å². The summed E-state index contributed by atoms with van der Waals surface area (Å²) in [7, 11) is -3.54. The molecule has 0 saturated carbocycles. The van der Waals surface area contributed by atoms with E-state index in [2.05, 4.69) is 41.8 Å². The Hall–Kier alpha value is -1.45. The van der Waals surface area contributed by atoms with Crippen LogP contribution in [0.3, 0.4) is 0 Å². The lowest BCUT2D eigenvalue weighted by atomic mass is 9.94. The second-order valence-electron chi connectivity index (χ2n) is 7.23. The molecule has 0 radical (unpaired) electrons. The van der Waals surface area contributed by atoms with Crippen LogP contribution in [0.2, 0.25) is 0 Å².